The van der Waals surface area contributed by atoms with E-state index in [1.807, 2.05) is 6.92 Å². The van der Waals surface area contributed by atoms with Crippen molar-refractivity contribution in [1.29, 1.82) is 0 Å². The Labute approximate surface area is 62.9 Å². The highest BCUT2D eigenvalue weighted by molar-refractivity contribution is 4.88. The second kappa shape index (κ2) is 2.89. The molecule has 0 saturated carbocycles. The second-order valence-electron chi connectivity index (χ2n) is 3.58. The molecule has 2 nitrogen and oxygen atoms in total. The van der Waals surface area contributed by atoms with E-state index in [1.54, 1.807) is 20.8 Å². The van der Waals surface area contributed by atoms with Gasteiger partial charge in [-0.1, -0.05) is 13.3 Å². The number of hydrogen-bond acceptors (Lipinski definition) is 2. The third-order valence-electron chi connectivity index (χ3n) is 2.05. The fourth-order valence-corrected chi connectivity index (χ4v) is 0.793. The van der Waals surface area contributed by atoms with Gasteiger partial charge in [-0.15, -0.1) is 0 Å². The maximum atomic E-state index is 9.60. The van der Waals surface area contributed by atoms with Gasteiger partial charge in [0.15, 0.2) is 0 Å². The summed E-state index contributed by atoms with van der Waals surface area (Å²) in [5.41, 5.74) is -1.95. The molecule has 0 heterocycles. The average Bonchev–Trinajstić information content (AvgIpc) is 1.61. The summed E-state index contributed by atoms with van der Waals surface area (Å²) in [6, 6.07) is 0. The average molecular weight is 146 g/mol. The molecule has 0 bridgehead atoms. The van der Waals surface area contributed by atoms with Gasteiger partial charge >= 0.3 is 0 Å². The fraction of sp³-hybridized carbons (Fsp3) is 1.00. The summed E-state index contributed by atoms with van der Waals surface area (Å²) >= 11 is 0. The Hall–Kier alpha value is -0.0800. The van der Waals surface area contributed by atoms with Crippen LogP contribution in [0.4, 0.5) is 0 Å². The van der Waals surface area contributed by atoms with E-state index < -0.39 is 11.2 Å². The van der Waals surface area contributed by atoms with Gasteiger partial charge in [-0.3, -0.25) is 0 Å². The van der Waals surface area contributed by atoms with Gasteiger partial charge in [-0.05, 0) is 27.2 Å². The summed E-state index contributed by atoms with van der Waals surface area (Å²) in [5, 5.41) is 19.0. The van der Waals surface area contributed by atoms with Crippen molar-refractivity contribution in [3.63, 3.8) is 0 Å². The first-order valence-corrected chi connectivity index (χ1v) is 3.76. The normalized spacial score (nSPS) is 18.6. The van der Waals surface area contributed by atoms with Crippen LogP contribution in [0.1, 0.15) is 40.5 Å². The lowest BCUT2D eigenvalue weighted by Gasteiger charge is -2.35. The minimum Gasteiger partial charge on any atom is -0.387 e. The molecule has 0 radical (unpaired) electrons. The van der Waals surface area contributed by atoms with Crippen LogP contribution in [0, 0.1) is 0 Å². The Morgan fingerprint density at radius 3 is 1.60 bits per heavy atom. The standard InChI is InChI=1S/C8H18O2/c1-5-6-8(4,10)7(2,3)9/h9-10H,5-6H2,1-4H3. The van der Waals surface area contributed by atoms with Crippen molar-refractivity contribution < 1.29 is 10.2 Å². The summed E-state index contributed by atoms with van der Waals surface area (Å²) in [4.78, 5) is 0. The van der Waals surface area contributed by atoms with Crippen LogP contribution in [-0.2, 0) is 0 Å². The second-order valence-corrected chi connectivity index (χ2v) is 3.58. The molecule has 0 aliphatic rings. The third kappa shape index (κ3) is 2.27. The van der Waals surface area contributed by atoms with Crippen molar-refractivity contribution in [2.24, 2.45) is 0 Å². The predicted octanol–water partition coefficient (Wildman–Crippen LogP) is 1.31. The van der Waals surface area contributed by atoms with Crippen LogP contribution in [-0.4, -0.2) is 21.4 Å². The lowest BCUT2D eigenvalue weighted by atomic mass is 9.84. The first-order valence-electron chi connectivity index (χ1n) is 3.76. The van der Waals surface area contributed by atoms with Crippen molar-refractivity contribution >= 4 is 0 Å². The molecule has 10 heavy (non-hydrogen) atoms. The molecule has 1 atom stereocenters. The number of hydrogen-bond donors (Lipinski definition) is 2. The lowest BCUT2D eigenvalue weighted by molar-refractivity contribution is -0.123. The number of aliphatic hydroxyl groups is 2. The molecule has 0 spiro atoms. The highest BCUT2D eigenvalue weighted by atomic mass is 16.3. The zero-order valence-corrected chi connectivity index (χ0v) is 7.31. The molecular weight excluding hydrogens is 128 g/mol. The topological polar surface area (TPSA) is 40.5 Å². The highest BCUT2D eigenvalue weighted by Gasteiger charge is 2.36. The molecular formula is C8H18O2. The Bertz CT molecular complexity index is 100. The van der Waals surface area contributed by atoms with E-state index in [2.05, 4.69) is 0 Å². The van der Waals surface area contributed by atoms with Gasteiger partial charge in [0, 0.05) is 0 Å². The van der Waals surface area contributed by atoms with Crippen molar-refractivity contribution in [1.82, 2.24) is 0 Å². The highest BCUT2D eigenvalue weighted by Crippen LogP contribution is 2.25. The van der Waals surface area contributed by atoms with Crippen LogP contribution in [0.5, 0.6) is 0 Å². The Balaban J connectivity index is 4.10. The molecule has 0 amide bonds. The van der Waals surface area contributed by atoms with E-state index in [-0.39, 0.29) is 0 Å². The van der Waals surface area contributed by atoms with E-state index in [0.29, 0.717) is 6.42 Å². The number of rotatable bonds is 3. The Morgan fingerprint density at radius 2 is 1.50 bits per heavy atom. The molecule has 0 saturated heterocycles. The van der Waals surface area contributed by atoms with Gasteiger partial charge in [-0.25, -0.2) is 0 Å². The molecule has 2 heteroatoms. The maximum absolute atomic E-state index is 9.60. The van der Waals surface area contributed by atoms with Crippen molar-refractivity contribution in [3.8, 4) is 0 Å². The molecule has 0 aliphatic carbocycles. The van der Waals surface area contributed by atoms with Crippen LogP contribution >= 0.6 is 0 Å². The SMILES string of the molecule is CCCC(C)(O)C(C)(C)O. The van der Waals surface area contributed by atoms with Crippen molar-refractivity contribution in [2.45, 2.75) is 51.7 Å². The summed E-state index contributed by atoms with van der Waals surface area (Å²) in [5.74, 6) is 0. The van der Waals surface area contributed by atoms with Gasteiger partial charge < -0.3 is 10.2 Å². The largest absolute Gasteiger partial charge is 0.387 e. The minimum atomic E-state index is -0.997. The van der Waals surface area contributed by atoms with Gasteiger partial charge in [0.05, 0.1) is 11.2 Å². The minimum absolute atomic E-state index is 0.635. The van der Waals surface area contributed by atoms with Crippen LogP contribution in [0.3, 0.4) is 0 Å². The summed E-state index contributed by atoms with van der Waals surface area (Å²) in [6.07, 6.45) is 1.52. The van der Waals surface area contributed by atoms with E-state index >= 15 is 0 Å². The third-order valence-corrected chi connectivity index (χ3v) is 2.05. The molecule has 0 rings (SSSR count). The smallest absolute Gasteiger partial charge is 0.0899 e. The van der Waals surface area contributed by atoms with E-state index in [1.165, 1.54) is 0 Å². The predicted molar refractivity (Wildman–Crippen MR) is 41.8 cm³/mol. The summed E-state index contributed by atoms with van der Waals surface area (Å²) in [6.45, 7) is 6.90. The Morgan fingerprint density at radius 1 is 1.10 bits per heavy atom. The summed E-state index contributed by atoms with van der Waals surface area (Å²) < 4.78 is 0. The van der Waals surface area contributed by atoms with Gasteiger partial charge in [0.2, 0.25) is 0 Å². The van der Waals surface area contributed by atoms with Gasteiger partial charge in [0.1, 0.15) is 0 Å². The molecule has 0 aromatic heterocycles. The molecule has 0 aliphatic heterocycles. The zero-order valence-electron chi connectivity index (χ0n) is 7.31. The van der Waals surface area contributed by atoms with Crippen molar-refractivity contribution in [3.05, 3.63) is 0 Å². The molecule has 62 valence electrons. The molecule has 1 unspecified atom stereocenters. The van der Waals surface area contributed by atoms with Gasteiger partial charge in [-0.2, -0.15) is 0 Å². The fourth-order valence-electron chi connectivity index (χ4n) is 0.793. The van der Waals surface area contributed by atoms with Crippen LogP contribution in [0.2, 0.25) is 0 Å². The van der Waals surface area contributed by atoms with E-state index in [4.69, 9.17) is 0 Å². The maximum Gasteiger partial charge on any atom is 0.0899 e. The first-order chi connectivity index (χ1) is 4.31. The van der Waals surface area contributed by atoms with Gasteiger partial charge in [0.25, 0.3) is 0 Å². The zero-order chi connectivity index (χ0) is 8.41. The molecule has 2 N–H and O–H groups in total. The van der Waals surface area contributed by atoms with E-state index in [9.17, 15) is 10.2 Å². The monoisotopic (exact) mass is 146 g/mol. The van der Waals surface area contributed by atoms with Crippen LogP contribution in [0.25, 0.3) is 0 Å². The Kier molecular flexibility index (Phi) is 2.86. The van der Waals surface area contributed by atoms with E-state index in [0.717, 1.165) is 6.42 Å². The molecule has 0 fully saturated rings. The van der Waals surface area contributed by atoms with Crippen LogP contribution < -0.4 is 0 Å². The molecule has 0 aromatic rings. The molecule has 0 aromatic carbocycles. The summed E-state index contributed by atoms with van der Waals surface area (Å²) in [7, 11) is 0. The first kappa shape index (κ1) is 9.92. The van der Waals surface area contributed by atoms with Crippen molar-refractivity contribution in [2.75, 3.05) is 0 Å². The van der Waals surface area contributed by atoms with Crippen LogP contribution in [0.15, 0.2) is 0 Å². The quantitative estimate of drug-likeness (QED) is 0.630. The lowest BCUT2D eigenvalue weighted by Crippen LogP contribution is -2.47.